The Bertz CT molecular complexity index is 710. The molecule has 1 aromatic carbocycles. The molecule has 1 fully saturated rings. The van der Waals surface area contributed by atoms with E-state index in [9.17, 15) is 0 Å². The van der Waals surface area contributed by atoms with Gasteiger partial charge in [0.2, 0.25) is 0 Å². The number of halogens is 2. The van der Waals surface area contributed by atoms with Gasteiger partial charge in [-0.05, 0) is 44.2 Å². The summed E-state index contributed by atoms with van der Waals surface area (Å²) < 4.78 is 0. The molecule has 3 nitrogen and oxygen atoms in total. The molecule has 5 heteroatoms. The van der Waals surface area contributed by atoms with Crippen LogP contribution < -0.4 is 4.90 Å². The summed E-state index contributed by atoms with van der Waals surface area (Å²) in [5.74, 6) is 2.01. The minimum atomic E-state index is 0. The van der Waals surface area contributed by atoms with Crippen molar-refractivity contribution < 1.29 is 0 Å². The molecule has 1 aliphatic carbocycles. The van der Waals surface area contributed by atoms with Gasteiger partial charge in [0.1, 0.15) is 5.82 Å². The minimum absolute atomic E-state index is 0. The molecular formula is C19H23Cl2N3. The number of aromatic nitrogens is 2. The zero-order valence-corrected chi connectivity index (χ0v) is 15.4. The number of anilines is 1. The van der Waals surface area contributed by atoms with Crippen LogP contribution in [-0.4, -0.2) is 23.1 Å². The Labute approximate surface area is 154 Å². The highest BCUT2D eigenvalue weighted by molar-refractivity contribution is 6.30. The van der Waals surface area contributed by atoms with Crippen molar-refractivity contribution >= 4 is 29.8 Å². The van der Waals surface area contributed by atoms with E-state index in [0.29, 0.717) is 0 Å². The summed E-state index contributed by atoms with van der Waals surface area (Å²) in [6, 6.07) is 7.88. The summed E-state index contributed by atoms with van der Waals surface area (Å²) >= 11 is 6.16. The predicted octanol–water partition coefficient (Wildman–Crippen LogP) is 5.09. The van der Waals surface area contributed by atoms with Crippen molar-refractivity contribution in [3.63, 3.8) is 0 Å². The van der Waals surface area contributed by atoms with Gasteiger partial charge in [-0.2, -0.15) is 0 Å². The van der Waals surface area contributed by atoms with Crippen LogP contribution in [-0.2, 0) is 12.8 Å². The molecular weight excluding hydrogens is 341 g/mol. The van der Waals surface area contributed by atoms with E-state index >= 15 is 0 Å². The van der Waals surface area contributed by atoms with Crippen molar-refractivity contribution in [2.24, 2.45) is 0 Å². The first kappa shape index (κ1) is 17.5. The molecule has 0 spiro atoms. The van der Waals surface area contributed by atoms with Gasteiger partial charge in [0, 0.05) is 34.9 Å². The van der Waals surface area contributed by atoms with Gasteiger partial charge in [0.05, 0.1) is 0 Å². The second-order valence-corrected chi connectivity index (χ2v) is 7.00. The van der Waals surface area contributed by atoms with E-state index in [-0.39, 0.29) is 12.4 Å². The third-order valence-electron chi connectivity index (χ3n) is 4.90. The molecule has 0 atom stereocenters. The smallest absolute Gasteiger partial charge is 0.161 e. The maximum Gasteiger partial charge on any atom is 0.161 e. The first-order valence-electron chi connectivity index (χ1n) is 8.72. The Morgan fingerprint density at radius 3 is 2.46 bits per heavy atom. The minimum Gasteiger partial charge on any atom is -0.356 e. The van der Waals surface area contributed by atoms with Gasteiger partial charge in [0.25, 0.3) is 0 Å². The molecule has 128 valence electrons. The maximum atomic E-state index is 6.16. The van der Waals surface area contributed by atoms with Gasteiger partial charge in [0.15, 0.2) is 5.82 Å². The molecule has 1 aliphatic heterocycles. The van der Waals surface area contributed by atoms with Crippen molar-refractivity contribution in [3.05, 3.63) is 40.5 Å². The lowest BCUT2D eigenvalue weighted by atomic mass is 10.1. The van der Waals surface area contributed by atoms with Crippen LogP contribution in [0.2, 0.25) is 5.02 Å². The quantitative estimate of drug-likeness (QED) is 0.743. The molecule has 0 amide bonds. The van der Waals surface area contributed by atoms with E-state index in [1.165, 1.54) is 49.2 Å². The van der Waals surface area contributed by atoms with Crippen molar-refractivity contribution in [1.82, 2.24) is 9.97 Å². The lowest BCUT2D eigenvalue weighted by Crippen LogP contribution is -2.26. The molecule has 0 radical (unpaired) electrons. The highest BCUT2D eigenvalue weighted by atomic mass is 35.5. The van der Waals surface area contributed by atoms with Gasteiger partial charge in [-0.3, -0.25) is 0 Å². The van der Waals surface area contributed by atoms with Crippen LogP contribution in [0.15, 0.2) is 24.3 Å². The highest BCUT2D eigenvalue weighted by Gasteiger charge is 2.24. The number of aryl methyl sites for hydroxylation is 1. The van der Waals surface area contributed by atoms with Crippen LogP contribution in [0.5, 0.6) is 0 Å². The number of benzene rings is 1. The van der Waals surface area contributed by atoms with Gasteiger partial charge in [-0.1, -0.05) is 36.6 Å². The third kappa shape index (κ3) is 3.52. The van der Waals surface area contributed by atoms with E-state index in [4.69, 9.17) is 21.6 Å². The Balaban J connectivity index is 0.00000169. The molecule has 0 N–H and O–H groups in total. The fourth-order valence-corrected chi connectivity index (χ4v) is 3.90. The number of hydrogen-bond acceptors (Lipinski definition) is 3. The second-order valence-electron chi connectivity index (χ2n) is 6.56. The van der Waals surface area contributed by atoms with Gasteiger partial charge in [-0.25, -0.2) is 9.97 Å². The summed E-state index contributed by atoms with van der Waals surface area (Å²) in [5, 5.41) is 0.739. The average Bonchev–Trinajstić information content (AvgIpc) is 2.87. The van der Waals surface area contributed by atoms with E-state index in [1.807, 2.05) is 18.2 Å². The van der Waals surface area contributed by atoms with Gasteiger partial charge in [-0.15, -0.1) is 12.4 Å². The first-order chi connectivity index (χ1) is 11.3. The number of rotatable bonds is 2. The van der Waals surface area contributed by atoms with Gasteiger partial charge < -0.3 is 4.90 Å². The summed E-state index contributed by atoms with van der Waals surface area (Å²) in [4.78, 5) is 12.3. The maximum absolute atomic E-state index is 6.16. The van der Waals surface area contributed by atoms with Crippen LogP contribution in [0.3, 0.4) is 0 Å². The molecule has 2 aromatic rings. The molecule has 0 saturated carbocycles. The molecule has 0 bridgehead atoms. The van der Waals surface area contributed by atoms with Crippen LogP contribution in [0.25, 0.3) is 11.4 Å². The van der Waals surface area contributed by atoms with Crippen LogP contribution in [0.4, 0.5) is 5.82 Å². The fraction of sp³-hybridized carbons (Fsp3) is 0.474. The molecule has 1 saturated heterocycles. The van der Waals surface area contributed by atoms with Crippen LogP contribution in [0.1, 0.15) is 43.4 Å². The van der Waals surface area contributed by atoms with E-state index in [0.717, 1.165) is 42.3 Å². The summed E-state index contributed by atoms with van der Waals surface area (Å²) in [6.07, 6.45) is 8.61. The Kier molecular flexibility index (Phi) is 5.62. The largest absolute Gasteiger partial charge is 0.356 e. The number of nitrogens with zero attached hydrogens (tertiary/aromatic N) is 3. The van der Waals surface area contributed by atoms with Crippen LogP contribution >= 0.6 is 24.0 Å². The first-order valence-corrected chi connectivity index (χ1v) is 9.10. The van der Waals surface area contributed by atoms with E-state index in [2.05, 4.69) is 11.0 Å². The molecule has 2 aliphatic rings. The Hall–Kier alpha value is -1.32. The molecule has 4 rings (SSSR count). The zero-order valence-electron chi connectivity index (χ0n) is 13.8. The molecule has 0 unspecified atom stereocenters. The Morgan fingerprint density at radius 2 is 1.71 bits per heavy atom. The lowest BCUT2D eigenvalue weighted by Gasteiger charge is -2.24. The topological polar surface area (TPSA) is 29.0 Å². The molecule has 1 aromatic heterocycles. The zero-order chi connectivity index (χ0) is 15.6. The van der Waals surface area contributed by atoms with Crippen molar-refractivity contribution in [1.29, 1.82) is 0 Å². The van der Waals surface area contributed by atoms with Crippen LogP contribution in [0, 0.1) is 0 Å². The monoisotopic (exact) mass is 363 g/mol. The SMILES string of the molecule is Cl.Clc1cccc(-c2nc3c(c(N4CCCCCC4)n2)CCC3)c1. The van der Waals surface area contributed by atoms with E-state index in [1.54, 1.807) is 0 Å². The number of fused-ring (bicyclic) bond motifs is 1. The van der Waals surface area contributed by atoms with Crippen molar-refractivity contribution in [3.8, 4) is 11.4 Å². The lowest BCUT2D eigenvalue weighted by molar-refractivity contribution is 0.726. The summed E-state index contributed by atoms with van der Waals surface area (Å²) in [6.45, 7) is 2.25. The normalized spacial score (nSPS) is 17.1. The standard InChI is InChI=1S/C19H22ClN3.ClH/c20-15-8-5-7-14(13-15)18-21-17-10-6-9-16(17)19(22-18)23-11-3-1-2-4-12-23;/h5,7-8,13H,1-4,6,9-12H2;1H. The van der Waals surface area contributed by atoms with Crippen molar-refractivity contribution in [2.45, 2.75) is 44.9 Å². The third-order valence-corrected chi connectivity index (χ3v) is 5.13. The fourth-order valence-electron chi connectivity index (χ4n) is 3.71. The Morgan fingerprint density at radius 1 is 0.917 bits per heavy atom. The van der Waals surface area contributed by atoms with Crippen molar-refractivity contribution in [2.75, 3.05) is 18.0 Å². The predicted molar refractivity (Wildman–Crippen MR) is 102 cm³/mol. The number of hydrogen-bond donors (Lipinski definition) is 0. The summed E-state index contributed by atoms with van der Waals surface area (Å²) in [7, 11) is 0. The van der Waals surface area contributed by atoms with Gasteiger partial charge >= 0.3 is 0 Å². The molecule has 24 heavy (non-hydrogen) atoms. The second kappa shape index (κ2) is 7.71. The average molecular weight is 364 g/mol. The van der Waals surface area contributed by atoms with E-state index < -0.39 is 0 Å². The highest BCUT2D eigenvalue weighted by Crippen LogP contribution is 2.33. The molecule has 2 heterocycles. The summed E-state index contributed by atoms with van der Waals surface area (Å²) in [5.41, 5.74) is 3.65.